The summed E-state index contributed by atoms with van der Waals surface area (Å²) in [5.74, 6) is 2.38. The molecule has 0 aliphatic heterocycles. The van der Waals surface area contributed by atoms with Crippen LogP contribution < -0.4 is 14.8 Å². The molecule has 0 radical (unpaired) electrons. The minimum Gasteiger partial charge on any atom is -0.496 e. The number of hydrogen-bond acceptors (Lipinski definition) is 4. The van der Waals surface area contributed by atoms with Gasteiger partial charge in [0.05, 0.1) is 13.2 Å². The Morgan fingerprint density at radius 1 is 1.06 bits per heavy atom. The largest absolute Gasteiger partial charge is 0.496 e. The maximum Gasteiger partial charge on any atom is 0.127 e. The van der Waals surface area contributed by atoms with Crippen LogP contribution in [0.25, 0.3) is 11.1 Å². The van der Waals surface area contributed by atoms with Crippen LogP contribution in [-0.4, -0.2) is 18.2 Å². The summed E-state index contributed by atoms with van der Waals surface area (Å²) in [6, 6.07) is 15.1. The molecule has 2 aliphatic carbocycles. The smallest absolute Gasteiger partial charge is 0.127 e. The highest BCUT2D eigenvalue weighted by atomic mass is 16.5. The molecule has 2 aromatic carbocycles. The van der Waals surface area contributed by atoms with Gasteiger partial charge in [0, 0.05) is 30.0 Å². The van der Waals surface area contributed by atoms with Crippen LogP contribution in [0.3, 0.4) is 0 Å². The molecule has 0 saturated heterocycles. The average Bonchev–Trinajstić information content (AvgIpc) is 3.75. The Labute approximate surface area is 197 Å². The van der Waals surface area contributed by atoms with Gasteiger partial charge in [-0.3, -0.25) is 4.98 Å². The number of para-hydroxylation sites is 1. The summed E-state index contributed by atoms with van der Waals surface area (Å²) in [5, 5.41) is 3.91. The molecule has 4 heteroatoms. The summed E-state index contributed by atoms with van der Waals surface area (Å²) in [4.78, 5) is 4.52. The van der Waals surface area contributed by atoms with Gasteiger partial charge >= 0.3 is 0 Å². The Balaban J connectivity index is 1.44. The fourth-order valence-corrected chi connectivity index (χ4v) is 4.66. The van der Waals surface area contributed by atoms with Gasteiger partial charge in [-0.2, -0.15) is 0 Å². The van der Waals surface area contributed by atoms with E-state index in [1.165, 1.54) is 27.8 Å². The molecule has 2 fully saturated rings. The summed E-state index contributed by atoms with van der Waals surface area (Å²) >= 11 is 0. The summed E-state index contributed by atoms with van der Waals surface area (Å²) < 4.78 is 11.9. The minimum absolute atomic E-state index is 0.0410. The number of pyridine rings is 1. The highest BCUT2D eigenvalue weighted by molar-refractivity contribution is 5.74. The molecule has 2 aliphatic rings. The third-order valence-corrected chi connectivity index (χ3v) is 7.01. The van der Waals surface area contributed by atoms with Crippen LogP contribution in [0.15, 0.2) is 54.9 Å². The van der Waals surface area contributed by atoms with Crippen molar-refractivity contribution in [1.82, 2.24) is 10.3 Å². The molecule has 2 saturated carbocycles. The molecule has 1 aromatic heterocycles. The van der Waals surface area contributed by atoms with Crippen molar-refractivity contribution in [2.75, 3.05) is 7.11 Å². The molecular weight excluding hydrogens is 408 g/mol. The van der Waals surface area contributed by atoms with Gasteiger partial charge in [-0.25, -0.2) is 0 Å². The van der Waals surface area contributed by atoms with Crippen molar-refractivity contribution >= 4 is 0 Å². The first-order valence-corrected chi connectivity index (χ1v) is 12.1. The Morgan fingerprint density at radius 3 is 2.55 bits per heavy atom. The van der Waals surface area contributed by atoms with Crippen LogP contribution in [0.2, 0.25) is 0 Å². The van der Waals surface area contributed by atoms with E-state index in [0.717, 1.165) is 49.3 Å². The predicted molar refractivity (Wildman–Crippen MR) is 133 cm³/mol. The van der Waals surface area contributed by atoms with Crippen molar-refractivity contribution in [2.45, 2.75) is 70.6 Å². The van der Waals surface area contributed by atoms with Gasteiger partial charge in [-0.1, -0.05) is 38.1 Å². The van der Waals surface area contributed by atoms with Crippen LogP contribution >= 0.6 is 0 Å². The van der Waals surface area contributed by atoms with Crippen molar-refractivity contribution < 1.29 is 9.47 Å². The van der Waals surface area contributed by atoms with Gasteiger partial charge < -0.3 is 14.8 Å². The first kappa shape index (κ1) is 22.0. The molecule has 0 bridgehead atoms. The summed E-state index contributed by atoms with van der Waals surface area (Å²) in [7, 11) is 1.76. The van der Waals surface area contributed by atoms with Crippen LogP contribution in [0, 0.1) is 6.92 Å². The van der Waals surface area contributed by atoms with Gasteiger partial charge in [0.15, 0.2) is 0 Å². The fraction of sp³-hybridized carbons (Fsp3) is 0.414. The van der Waals surface area contributed by atoms with Crippen molar-refractivity contribution in [3.8, 4) is 22.6 Å². The maximum absolute atomic E-state index is 6.25. The van der Waals surface area contributed by atoms with Crippen LogP contribution in [0.4, 0.5) is 0 Å². The lowest BCUT2D eigenvalue weighted by Crippen LogP contribution is -2.29. The molecular formula is C29H34N2O2. The lowest BCUT2D eigenvalue weighted by Gasteiger charge is -2.23. The monoisotopic (exact) mass is 442 g/mol. The van der Waals surface area contributed by atoms with Gasteiger partial charge in [-0.05, 0) is 84.5 Å². The molecule has 5 rings (SSSR count). The Hall–Kier alpha value is -2.85. The van der Waals surface area contributed by atoms with Crippen LogP contribution in [0.5, 0.6) is 11.5 Å². The normalized spacial score (nSPS) is 16.6. The van der Waals surface area contributed by atoms with E-state index in [-0.39, 0.29) is 5.54 Å². The Kier molecular flexibility index (Phi) is 5.88. The molecule has 1 heterocycles. The van der Waals surface area contributed by atoms with Gasteiger partial charge in [-0.15, -0.1) is 0 Å². The zero-order valence-electron chi connectivity index (χ0n) is 20.2. The quantitative estimate of drug-likeness (QED) is 0.410. The van der Waals surface area contributed by atoms with Crippen LogP contribution in [-0.2, 0) is 12.1 Å². The molecule has 0 atom stereocenters. The molecule has 1 N–H and O–H groups in total. The summed E-state index contributed by atoms with van der Waals surface area (Å²) in [6.07, 6.45) is 8.85. The predicted octanol–water partition coefficient (Wildman–Crippen LogP) is 6.51. The standard InChI is InChI=1S/C29H34N2O2/c1-19(2)25-16-21(20(3)15-28(25)32-4)17-31-29(12-13-29)26-18-30-14-11-23(26)24-7-5-6-8-27(24)33-22-9-10-22/h5-8,11,14-16,18-19,22,31H,9-10,12-13,17H2,1-4H3. The highest BCUT2D eigenvalue weighted by Gasteiger charge is 2.45. The number of methoxy groups -OCH3 is 1. The first-order chi connectivity index (χ1) is 16.0. The van der Waals surface area contributed by atoms with Gasteiger partial charge in [0.1, 0.15) is 11.5 Å². The Morgan fingerprint density at radius 2 is 1.85 bits per heavy atom. The minimum atomic E-state index is -0.0410. The number of ether oxygens (including phenoxy) is 2. The summed E-state index contributed by atoms with van der Waals surface area (Å²) in [5.41, 5.74) is 7.46. The van der Waals surface area contributed by atoms with E-state index < -0.39 is 0 Å². The Bertz CT molecular complexity index is 1150. The second kappa shape index (κ2) is 8.83. The lowest BCUT2D eigenvalue weighted by molar-refractivity contribution is 0.304. The molecule has 0 spiro atoms. The number of benzene rings is 2. The SMILES string of the molecule is COc1cc(C)c(CNC2(c3cnccc3-c3ccccc3OC3CC3)CC2)cc1C(C)C. The molecule has 172 valence electrons. The number of hydrogen-bond donors (Lipinski definition) is 1. The van der Waals surface area contributed by atoms with E-state index in [1.54, 1.807) is 7.11 Å². The molecule has 0 unspecified atom stereocenters. The van der Waals surface area contributed by atoms with E-state index in [0.29, 0.717) is 12.0 Å². The third-order valence-electron chi connectivity index (χ3n) is 7.01. The lowest BCUT2D eigenvalue weighted by atomic mass is 9.93. The van der Waals surface area contributed by atoms with E-state index in [1.807, 2.05) is 12.4 Å². The van der Waals surface area contributed by atoms with E-state index in [4.69, 9.17) is 9.47 Å². The zero-order valence-corrected chi connectivity index (χ0v) is 20.2. The number of rotatable bonds is 9. The summed E-state index contributed by atoms with van der Waals surface area (Å²) in [6.45, 7) is 7.43. The topological polar surface area (TPSA) is 43.4 Å². The van der Waals surface area contributed by atoms with E-state index >= 15 is 0 Å². The second-order valence-electron chi connectivity index (χ2n) is 9.85. The molecule has 3 aromatic rings. The highest BCUT2D eigenvalue weighted by Crippen LogP contribution is 2.50. The number of aromatic nitrogens is 1. The van der Waals surface area contributed by atoms with Crippen LogP contribution in [0.1, 0.15) is 67.7 Å². The van der Waals surface area contributed by atoms with Gasteiger partial charge in [0.2, 0.25) is 0 Å². The molecule has 4 nitrogen and oxygen atoms in total. The second-order valence-corrected chi connectivity index (χ2v) is 9.85. The average molecular weight is 443 g/mol. The molecule has 0 amide bonds. The zero-order chi connectivity index (χ0) is 23.0. The number of aryl methyl sites for hydroxylation is 1. The number of nitrogens with zero attached hydrogens (tertiary/aromatic N) is 1. The maximum atomic E-state index is 6.25. The molecule has 33 heavy (non-hydrogen) atoms. The van der Waals surface area contributed by atoms with Crippen molar-refractivity contribution in [2.24, 2.45) is 0 Å². The van der Waals surface area contributed by atoms with E-state index in [9.17, 15) is 0 Å². The van der Waals surface area contributed by atoms with Gasteiger partial charge in [0.25, 0.3) is 0 Å². The van der Waals surface area contributed by atoms with Crippen molar-refractivity contribution in [3.05, 3.63) is 77.1 Å². The van der Waals surface area contributed by atoms with Crippen molar-refractivity contribution in [3.63, 3.8) is 0 Å². The first-order valence-electron chi connectivity index (χ1n) is 12.1. The van der Waals surface area contributed by atoms with Crippen molar-refractivity contribution in [1.29, 1.82) is 0 Å². The van der Waals surface area contributed by atoms with E-state index in [2.05, 4.69) is 73.5 Å². The third kappa shape index (κ3) is 4.49. The number of nitrogens with one attached hydrogen (secondary N) is 1. The fourth-order valence-electron chi connectivity index (χ4n) is 4.66.